The van der Waals surface area contributed by atoms with Gasteiger partial charge in [0.05, 0.1) is 5.69 Å². The van der Waals surface area contributed by atoms with E-state index in [-0.39, 0.29) is 10.6 Å². The highest BCUT2D eigenvalue weighted by Crippen LogP contribution is 2.36. The van der Waals surface area contributed by atoms with Crippen molar-refractivity contribution < 1.29 is 4.79 Å². The summed E-state index contributed by atoms with van der Waals surface area (Å²) in [5.74, 6) is -0.574. The summed E-state index contributed by atoms with van der Waals surface area (Å²) in [4.78, 5) is 11.6. The number of nitrogens with two attached hydrogens (primary N) is 2. The molecule has 0 radical (unpaired) electrons. The van der Waals surface area contributed by atoms with Crippen molar-refractivity contribution in [2.45, 2.75) is 51.0 Å². The zero-order valence-corrected chi connectivity index (χ0v) is 12.3. The van der Waals surface area contributed by atoms with Crippen molar-refractivity contribution >= 4 is 27.9 Å². The zero-order valence-electron chi connectivity index (χ0n) is 11.4. The van der Waals surface area contributed by atoms with Crippen LogP contribution in [-0.4, -0.2) is 11.9 Å². The number of nitrogens with zero attached hydrogens (tertiary/aromatic N) is 1. The average molecular weight is 292 g/mol. The molecular weight excluding hydrogens is 272 g/mol. The number of hydrogen-bond donors (Lipinski definition) is 3. The fraction of sp³-hybridized carbons (Fsp3) is 0.571. The van der Waals surface area contributed by atoms with Crippen LogP contribution in [0.3, 0.4) is 0 Å². The summed E-state index contributed by atoms with van der Waals surface area (Å²) in [6.07, 6.45) is 8.42. The lowest BCUT2D eigenvalue weighted by Gasteiger charge is -2.21. The first-order valence-electron chi connectivity index (χ1n) is 7.02. The van der Waals surface area contributed by atoms with E-state index >= 15 is 0 Å². The van der Waals surface area contributed by atoms with Crippen molar-refractivity contribution in [3.05, 3.63) is 10.4 Å². The third kappa shape index (κ3) is 3.23. The van der Waals surface area contributed by atoms with Crippen LogP contribution in [0.1, 0.15) is 60.2 Å². The molecule has 1 aromatic rings. The largest absolute Gasteiger partial charge is 0.396 e. The van der Waals surface area contributed by atoms with Crippen molar-refractivity contribution in [1.82, 2.24) is 0 Å². The van der Waals surface area contributed by atoms with Gasteiger partial charge in [-0.1, -0.05) is 32.1 Å². The number of hydrogen-bond acceptors (Lipinski definition) is 5. The van der Waals surface area contributed by atoms with Crippen molar-refractivity contribution in [2.24, 2.45) is 5.73 Å². The van der Waals surface area contributed by atoms with E-state index in [9.17, 15) is 10.1 Å². The molecule has 1 heterocycles. The van der Waals surface area contributed by atoms with Gasteiger partial charge >= 0.3 is 0 Å². The highest BCUT2D eigenvalue weighted by Gasteiger charge is 2.21. The van der Waals surface area contributed by atoms with E-state index < -0.39 is 5.91 Å². The minimum atomic E-state index is -0.574. The van der Waals surface area contributed by atoms with E-state index in [1.165, 1.54) is 43.4 Å². The molecule has 0 unspecified atom stereocenters. The molecule has 1 saturated carbocycles. The van der Waals surface area contributed by atoms with Crippen molar-refractivity contribution in [3.8, 4) is 6.07 Å². The summed E-state index contributed by atoms with van der Waals surface area (Å²) in [6, 6.07) is 2.42. The van der Waals surface area contributed by atoms with E-state index in [0.29, 0.717) is 16.6 Å². The number of carbonyl (C=O) groups is 1. The topological polar surface area (TPSA) is 105 Å². The average Bonchev–Trinajstić information content (AvgIpc) is 2.69. The van der Waals surface area contributed by atoms with Gasteiger partial charge in [-0.05, 0) is 12.8 Å². The Morgan fingerprint density at radius 2 is 1.85 bits per heavy atom. The van der Waals surface area contributed by atoms with Gasteiger partial charge in [0, 0.05) is 6.04 Å². The van der Waals surface area contributed by atoms with Gasteiger partial charge in [-0.15, -0.1) is 11.3 Å². The molecule has 20 heavy (non-hydrogen) atoms. The smallest absolute Gasteiger partial charge is 0.261 e. The first-order chi connectivity index (χ1) is 9.63. The fourth-order valence-corrected chi connectivity index (χ4v) is 3.63. The van der Waals surface area contributed by atoms with Crippen LogP contribution in [0.4, 0.5) is 10.7 Å². The molecule has 108 valence electrons. The van der Waals surface area contributed by atoms with Gasteiger partial charge in [-0.2, -0.15) is 5.26 Å². The van der Waals surface area contributed by atoms with E-state index in [0.717, 1.165) is 12.8 Å². The molecule has 2 rings (SSSR count). The molecule has 0 aromatic carbocycles. The van der Waals surface area contributed by atoms with Gasteiger partial charge in [0.25, 0.3) is 5.91 Å². The van der Waals surface area contributed by atoms with Gasteiger partial charge < -0.3 is 16.8 Å². The van der Waals surface area contributed by atoms with Gasteiger partial charge in [-0.25, -0.2) is 0 Å². The standard InChI is InChI=1S/C14H20N4OS/c15-8-10-11(16)12(13(17)19)20-14(10)18-9-6-4-2-1-3-5-7-9/h9,18H,1-7,16H2,(H2,17,19). The molecular formula is C14H20N4OS. The number of nitrogens with one attached hydrogen (secondary N) is 1. The Morgan fingerprint density at radius 3 is 2.40 bits per heavy atom. The Kier molecular flexibility index (Phi) is 4.85. The summed E-state index contributed by atoms with van der Waals surface area (Å²) < 4.78 is 0. The Hall–Kier alpha value is -1.74. The minimum absolute atomic E-state index is 0.207. The maximum Gasteiger partial charge on any atom is 0.261 e. The molecule has 1 amide bonds. The van der Waals surface area contributed by atoms with Crippen molar-refractivity contribution in [2.75, 3.05) is 11.1 Å². The molecule has 1 fully saturated rings. The Morgan fingerprint density at radius 1 is 1.25 bits per heavy atom. The quantitative estimate of drug-likeness (QED) is 0.796. The van der Waals surface area contributed by atoms with Crippen LogP contribution >= 0.6 is 11.3 Å². The summed E-state index contributed by atoms with van der Waals surface area (Å²) in [7, 11) is 0. The highest BCUT2D eigenvalue weighted by molar-refractivity contribution is 7.18. The summed E-state index contributed by atoms with van der Waals surface area (Å²) >= 11 is 1.19. The number of nitriles is 1. The fourth-order valence-electron chi connectivity index (χ4n) is 2.63. The van der Waals surface area contributed by atoms with Crippen molar-refractivity contribution in [3.63, 3.8) is 0 Å². The summed E-state index contributed by atoms with van der Waals surface area (Å²) in [6.45, 7) is 0. The highest BCUT2D eigenvalue weighted by atomic mass is 32.1. The maximum atomic E-state index is 11.3. The Bertz CT molecular complexity index is 524. The number of nitrogen functional groups attached to an aromatic ring is 1. The number of anilines is 2. The van der Waals surface area contributed by atoms with E-state index in [4.69, 9.17) is 11.5 Å². The second kappa shape index (κ2) is 6.62. The van der Waals surface area contributed by atoms with E-state index in [2.05, 4.69) is 11.4 Å². The number of thiophene rings is 1. The Labute approximate surface area is 122 Å². The molecule has 0 saturated heterocycles. The number of carbonyl (C=O) groups excluding carboxylic acids is 1. The lowest BCUT2D eigenvalue weighted by atomic mass is 9.97. The van der Waals surface area contributed by atoms with Gasteiger partial charge in [0.15, 0.2) is 0 Å². The third-order valence-electron chi connectivity index (χ3n) is 3.72. The molecule has 1 aliphatic rings. The number of amides is 1. The molecule has 0 aliphatic heterocycles. The monoisotopic (exact) mass is 292 g/mol. The molecule has 0 spiro atoms. The number of primary amides is 1. The van der Waals surface area contributed by atoms with E-state index in [1.807, 2.05) is 0 Å². The zero-order chi connectivity index (χ0) is 14.5. The molecule has 1 aliphatic carbocycles. The van der Waals surface area contributed by atoms with Gasteiger partial charge in [0.1, 0.15) is 21.5 Å². The lowest BCUT2D eigenvalue weighted by Crippen LogP contribution is -2.20. The predicted molar refractivity (Wildman–Crippen MR) is 81.7 cm³/mol. The normalized spacial score (nSPS) is 16.9. The summed E-state index contributed by atoms with van der Waals surface area (Å²) in [5, 5.41) is 13.3. The van der Waals surface area contributed by atoms with Crippen LogP contribution in [0.5, 0.6) is 0 Å². The Balaban J connectivity index is 2.17. The second-order valence-corrected chi connectivity index (χ2v) is 6.23. The first kappa shape index (κ1) is 14.7. The van der Waals surface area contributed by atoms with Crippen LogP contribution < -0.4 is 16.8 Å². The van der Waals surface area contributed by atoms with Crippen LogP contribution in [-0.2, 0) is 0 Å². The number of rotatable bonds is 3. The molecule has 1 aromatic heterocycles. The van der Waals surface area contributed by atoms with Crippen molar-refractivity contribution in [1.29, 1.82) is 5.26 Å². The van der Waals surface area contributed by atoms with Crippen LogP contribution in [0.2, 0.25) is 0 Å². The van der Waals surface area contributed by atoms with Gasteiger partial charge in [0.2, 0.25) is 0 Å². The third-order valence-corrected chi connectivity index (χ3v) is 4.87. The molecule has 0 bridgehead atoms. The SMILES string of the molecule is N#Cc1c(NC2CCCCCCC2)sc(C(N)=O)c1N. The first-order valence-corrected chi connectivity index (χ1v) is 7.83. The van der Waals surface area contributed by atoms with Gasteiger partial charge in [-0.3, -0.25) is 4.79 Å². The molecule has 5 N–H and O–H groups in total. The van der Waals surface area contributed by atoms with Crippen LogP contribution in [0, 0.1) is 11.3 Å². The molecule has 6 heteroatoms. The predicted octanol–water partition coefficient (Wildman–Crippen LogP) is 2.83. The lowest BCUT2D eigenvalue weighted by molar-refractivity contribution is 0.100. The van der Waals surface area contributed by atoms with Crippen LogP contribution in [0.15, 0.2) is 0 Å². The molecule has 5 nitrogen and oxygen atoms in total. The van der Waals surface area contributed by atoms with E-state index in [1.54, 1.807) is 0 Å². The van der Waals surface area contributed by atoms with Crippen LogP contribution in [0.25, 0.3) is 0 Å². The molecule has 0 atom stereocenters. The maximum absolute atomic E-state index is 11.3. The minimum Gasteiger partial charge on any atom is -0.396 e. The summed E-state index contributed by atoms with van der Waals surface area (Å²) in [5.41, 5.74) is 11.7. The second-order valence-electron chi connectivity index (χ2n) is 5.21.